The van der Waals surface area contributed by atoms with Gasteiger partial charge in [0.05, 0.1) is 0 Å². The fraction of sp³-hybridized carbons (Fsp3) is 0.500. The number of hydrogen-bond donors (Lipinski definition) is 1. The summed E-state index contributed by atoms with van der Waals surface area (Å²) >= 11 is 0. The monoisotopic (exact) mass is 418 g/mol. The van der Waals surface area contributed by atoms with Crippen molar-refractivity contribution in [2.45, 2.75) is 20.4 Å². The van der Waals surface area contributed by atoms with Crippen molar-refractivity contribution in [2.24, 2.45) is 4.99 Å². The number of aryl methyl sites for hydroxylation is 1. The molecule has 0 aromatic heterocycles. The summed E-state index contributed by atoms with van der Waals surface area (Å²) in [6.07, 6.45) is 0. The van der Waals surface area contributed by atoms with Crippen LogP contribution in [0.3, 0.4) is 0 Å². The van der Waals surface area contributed by atoms with Gasteiger partial charge < -0.3 is 15.1 Å². The van der Waals surface area contributed by atoms with Crippen LogP contribution in [-0.2, 0) is 11.3 Å². The van der Waals surface area contributed by atoms with E-state index in [0.717, 1.165) is 19.0 Å². The molecule has 0 aliphatic carbocycles. The maximum atomic E-state index is 11.6. The summed E-state index contributed by atoms with van der Waals surface area (Å²) in [5.74, 6) is 0.738. The van der Waals surface area contributed by atoms with E-state index in [2.05, 4.69) is 41.5 Å². The molecule has 1 aromatic carbocycles. The molecule has 0 saturated heterocycles. The molecule has 1 amide bonds. The number of guanidine groups is 1. The summed E-state index contributed by atoms with van der Waals surface area (Å²) in [6, 6.07) is 8.42. The van der Waals surface area contributed by atoms with Gasteiger partial charge in [-0.3, -0.25) is 4.79 Å². The van der Waals surface area contributed by atoms with Gasteiger partial charge in [0.1, 0.15) is 6.54 Å². The number of hydrogen-bond acceptors (Lipinski definition) is 2. The Morgan fingerprint density at radius 3 is 2.27 bits per heavy atom. The first-order valence-corrected chi connectivity index (χ1v) is 7.19. The van der Waals surface area contributed by atoms with Crippen molar-refractivity contribution < 1.29 is 4.79 Å². The maximum absolute atomic E-state index is 11.6. The lowest BCUT2D eigenvalue weighted by atomic mass is 10.1. The fourth-order valence-corrected chi connectivity index (χ4v) is 1.80. The summed E-state index contributed by atoms with van der Waals surface area (Å²) in [7, 11) is 5.45. The fourth-order valence-electron chi connectivity index (χ4n) is 1.80. The second-order valence-corrected chi connectivity index (χ2v) is 5.30. The quantitative estimate of drug-likeness (QED) is 0.453. The predicted molar refractivity (Wildman–Crippen MR) is 103 cm³/mol. The zero-order valence-electron chi connectivity index (χ0n) is 14.1. The third-order valence-corrected chi connectivity index (χ3v) is 3.10. The number of amides is 1. The molecule has 22 heavy (non-hydrogen) atoms. The number of benzene rings is 1. The zero-order chi connectivity index (χ0) is 15.8. The number of likely N-dealkylation sites (N-methyl/N-ethyl adjacent to an activating group) is 1. The molecule has 0 saturated carbocycles. The van der Waals surface area contributed by atoms with Gasteiger partial charge in [0.2, 0.25) is 5.91 Å². The lowest BCUT2D eigenvalue weighted by Crippen LogP contribution is -2.39. The molecule has 0 aliphatic heterocycles. The van der Waals surface area contributed by atoms with Gasteiger partial charge in [-0.1, -0.05) is 29.8 Å². The van der Waals surface area contributed by atoms with Gasteiger partial charge in [-0.05, 0) is 19.4 Å². The molecule has 0 fully saturated rings. The Kier molecular flexibility index (Phi) is 9.80. The molecule has 0 aliphatic rings. The summed E-state index contributed by atoms with van der Waals surface area (Å²) in [6.45, 7) is 5.78. The molecular weight excluding hydrogens is 391 g/mol. The highest BCUT2D eigenvalue weighted by atomic mass is 127. The Labute approximate surface area is 150 Å². The van der Waals surface area contributed by atoms with Gasteiger partial charge >= 0.3 is 0 Å². The average Bonchev–Trinajstić information content (AvgIpc) is 2.45. The highest BCUT2D eigenvalue weighted by Gasteiger charge is 2.08. The summed E-state index contributed by atoms with van der Waals surface area (Å²) < 4.78 is 0. The van der Waals surface area contributed by atoms with Crippen molar-refractivity contribution in [3.8, 4) is 0 Å². The Bertz CT molecular complexity index is 485. The van der Waals surface area contributed by atoms with Crippen molar-refractivity contribution in [3.63, 3.8) is 0 Å². The predicted octanol–water partition coefficient (Wildman–Crippen LogP) is 2.10. The van der Waals surface area contributed by atoms with Crippen LogP contribution in [0.1, 0.15) is 18.1 Å². The Morgan fingerprint density at radius 1 is 1.18 bits per heavy atom. The number of nitrogens with zero attached hydrogens (tertiary/aromatic N) is 3. The Balaban J connectivity index is 0.00000441. The molecule has 5 nitrogen and oxygen atoms in total. The van der Waals surface area contributed by atoms with E-state index in [1.165, 1.54) is 11.1 Å². The van der Waals surface area contributed by atoms with Gasteiger partial charge in [0, 0.05) is 34.2 Å². The van der Waals surface area contributed by atoms with Crippen molar-refractivity contribution in [1.82, 2.24) is 15.1 Å². The molecule has 6 heteroatoms. The van der Waals surface area contributed by atoms with Crippen LogP contribution in [0.15, 0.2) is 29.3 Å². The van der Waals surface area contributed by atoms with Crippen LogP contribution in [0.5, 0.6) is 0 Å². The average molecular weight is 418 g/mol. The van der Waals surface area contributed by atoms with Gasteiger partial charge in [0.25, 0.3) is 0 Å². The van der Waals surface area contributed by atoms with Crippen molar-refractivity contribution in [2.75, 3.05) is 34.2 Å². The van der Waals surface area contributed by atoms with Crippen LogP contribution in [0.25, 0.3) is 0 Å². The van der Waals surface area contributed by atoms with Gasteiger partial charge in [0.15, 0.2) is 5.96 Å². The highest BCUT2D eigenvalue weighted by Crippen LogP contribution is 2.06. The number of halogens is 1. The normalized spacial score (nSPS) is 10.7. The van der Waals surface area contributed by atoms with E-state index in [0.29, 0.717) is 0 Å². The molecule has 124 valence electrons. The van der Waals surface area contributed by atoms with Crippen molar-refractivity contribution >= 4 is 35.8 Å². The van der Waals surface area contributed by atoms with E-state index in [1.807, 2.05) is 18.9 Å². The third kappa shape index (κ3) is 7.11. The number of aliphatic imine (C=N–C) groups is 1. The molecule has 0 bridgehead atoms. The Hall–Kier alpha value is -1.31. The highest BCUT2D eigenvalue weighted by molar-refractivity contribution is 14.0. The number of carbonyl (C=O) groups excluding carboxylic acids is 1. The molecule has 0 heterocycles. The third-order valence-electron chi connectivity index (χ3n) is 3.10. The van der Waals surface area contributed by atoms with Crippen molar-refractivity contribution in [1.29, 1.82) is 0 Å². The largest absolute Gasteiger partial charge is 0.357 e. The van der Waals surface area contributed by atoms with E-state index in [-0.39, 0.29) is 36.4 Å². The van der Waals surface area contributed by atoms with E-state index >= 15 is 0 Å². The standard InChI is InChI=1S/C16H26N4O.HI/c1-6-17-16(18-11-15(21)19(3)4)20(5)12-14-9-7-13(2)8-10-14;/h7-10H,6,11-12H2,1-5H3,(H,17,18);1H. The van der Waals surface area contributed by atoms with E-state index in [1.54, 1.807) is 19.0 Å². The lowest BCUT2D eigenvalue weighted by Gasteiger charge is -2.22. The number of nitrogens with one attached hydrogen (secondary N) is 1. The minimum absolute atomic E-state index is 0. The second-order valence-electron chi connectivity index (χ2n) is 5.30. The van der Waals surface area contributed by atoms with E-state index in [4.69, 9.17) is 0 Å². The zero-order valence-corrected chi connectivity index (χ0v) is 16.4. The van der Waals surface area contributed by atoms with Crippen LogP contribution < -0.4 is 5.32 Å². The van der Waals surface area contributed by atoms with Crippen LogP contribution >= 0.6 is 24.0 Å². The maximum Gasteiger partial charge on any atom is 0.243 e. The molecule has 0 unspecified atom stereocenters. The first kappa shape index (κ1) is 20.7. The minimum atomic E-state index is -0.00543. The van der Waals surface area contributed by atoms with Gasteiger partial charge in [-0.15, -0.1) is 24.0 Å². The topological polar surface area (TPSA) is 47.9 Å². The van der Waals surface area contributed by atoms with E-state index in [9.17, 15) is 4.79 Å². The van der Waals surface area contributed by atoms with Crippen LogP contribution in [-0.4, -0.2) is 55.9 Å². The molecule has 1 N–H and O–H groups in total. The smallest absolute Gasteiger partial charge is 0.243 e. The summed E-state index contributed by atoms with van der Waals surface area (Å²) in [4.78, 5) is 19.6. The first-order chi connectivity index (χ1) is 9.93. The molecule has 0 radical (unpaired) electrons. The van der Waals surface area contributed by atoms with Crippen molar-refractivity contribution in [3.05, 3.63) is 35.4 Å². The number of rotatable bonds is 5. The van der Waals surface area contributed by atoms with Gasteiger partial charge in [-0.25, -0.2) is 4.99 Å². The number of carbonyl (C=O) groups is 1. The molecular formula is C16H27IN4O. The molecule has 0 atom stereocenters. The molecule has 1 rings (SSSR count). The minimum Gasteiger partial charge on any atom is -0.357 e. The first-order valence-electron chi connectivity index (χ1n) is 7.19. The van der Waals surface area contributed by atoms with Crippen LogP contribution in [0.4, 0.5) is 0 Å². The summed E-state index contributed by atoms with van der Waals surface area (Å²) in [5, 5.41) is 3.21. The van der Waals surface area contributed by atoms with Gasteiger partial charge in [-0.2, -0.15) is 0 Å². The lowest BCUT2D eigenvalue weighted by molar-refractivity contribution is -0.127. The van der Waals surface area contributed by atoms with Crippen LogP contribution in [0, 0.1) is 6.92 Å². The molecule has 1 aromatic rings. The summed E-state index contributed by atoms with van der Waals surface area (Å²) in [5.41, 5.74) is 2.46. The van der Waals surface area contributed by atoms with Crippen LogP contribution in [0.2, 0.25) is 0 Å². The second kappa shape index (κ2) is 10.4. The Morgan fingerprint density at radius 2 is 1.77 bits per heavy atom. The SMILES string of the molecule is CCNC(=NCC(=O)N(C)C)N(C)Cc1ccc(C)cc1.I. The van der Waals surface area contributed by atoms with E-state index < -0.39 is 0 Å². The molecule has 0 spiro atoms.